The molecule has 3 nitrogen and oxygen atoms in total. The van der Waals surface area contributed by atoms with E-state index in [1.165, 1.54) is 5.56 Å². The van der Waals surface area contributed by atoms with Crippen molar-refractivity contribution in [2.45, 2.75) is 6.54 Å². The second-order valence-electron chi connectivity index (χ2n) is 4.52. The Bertz CT molecular complexity index is 300. The third kappa shape index (κ3) is 3.04. The Morgan fingerprint density at radius 2 is 1.44 bits per heavy atom. The van der Waals surface area contributed by atoms with Gasteiger partial charge >= 0.3 is 0 Å². The molecule has 3 heteroatoms. The van der Waals surface area contributed by atoms with Crippen molar-refractivity contribution in [3.05, 3.63) is 35.9 Å². The Morgan fingerprint density at radius 1 is 0.875 bits per heavy atom. The first-order valence-electron chi connectivity index (χ1n) is 5.94. The molecule has 2 rings (SSSR count). The summed E-state index contributed by atoms with van der Waals surface area (Å²) < 4.78 is 0. The topological polar surface area (TPSA) is 9.72 Å². The molecule has 0 unspecified atom stereocenters. The molecule has 1 fully saturated rings. The summed E-state index contributed by atoms with van der Waals surface area (Å²) in [4.78, 5) is 2.52. The third-order valence-electron chi connectivity index (χ3n) is 3.31. The van der Waals surface area contributed by atoms with Gasteiger partial charge in [-0.3, -0.25) is 4.90 Å². The summed E-state index contributed by atoms with van der Waals surface area (Å²) in [5.41, 5.74) is 1.41. The summed E-state index contributed by atoms with van der Waals surface area (Å²) in [5, 5.41) is 4.59. The van der Waals surface area contributed by atoms with Gasteiger partial charge in [0.05, 0.1) is 0 Å². The quantitative estimate of drug-likeness (QED) is 0.742. The van der Waals surface area contributed by atoms with Crippen molar-refractivity contribution >= 4 is 0 Å². The van der Waals surface area contributed by atoms with Crippen molar-refractivity contribution in [2.24, 2.45) is 0 Å². The van der Waals surface area contributed by atoms with Gasteiger partial charge < -0.3 is 0 Å². The Hall–Kier alpha value is -0.900. The van der Waals surface area contributed by atoms with Crippen LogP contribution in [0.25, 0.3) is 0 Å². The second-order valence-corrected chi connectivity index (χ2v) is 4.52. The van der Waals surface area contributed by atoms with E-state index in [1.54, 1.807) is 0 Å². The molecule has 16 heavy (non-hydrogen) atoms. The fourth-order valence-corrected chi connectivity index (χ4v) is 2.03. The third-order valence-corrected chi connectivity index (χ3v) is 3.31. The van der Waals surface area contributed by atoms with E-state index in [0.717, 1.165) is 32.7 Å². The molecule has 1 aromatic rings. The molecule has 0 atom stereocenters. The molecule has 0 spiro atoms. The van der Waals surface area contributed by atoms with Crippen molar-refractivity contribution in [3.8, 4) is 0 Å². The van der Waals surface area contributed by atoms with Crippen LogP contribution in [0, 0.1) is 0 Å². The van der Waals surface area contributed by atoms with Gasteiger partial charge in [-0.05, 0) is 5.56 Å². The molecule has 1 aromatic carbocycles. The van der Waals surface area contributed by atoms with Crippen LogP contribution in [0.4, 0.5) is 0 Å². The maximum Gasteiger partial charge on any atom is 0.0258 e. The molecule has 0 N–H and O–H groups in total. The van der Waals surface area contributed by atoms with Crippen LogP contribution in [0.15, 0.2) is 30.3 Å². The van der Waals surface area contributed by atoms with Crippen LogP contribution in [0.5, 0.6) is 0 Å². The summed E-state index contributed by atoms with van der Waals surface area (Å²) >= 11 is 0. The normalized spacial score (nSPS) is 20.9. The highest BCUT2D eigenvalue weighted by atomic mass is 15.6. The minimum atomic E-state index is 1.07. The average Bonchev–Trinajstić information content (AvgIpc) is 2.46. The van der Waals surface area contributed by atoms with Crippen molar-refractivity contribution in [1.82, 2.24) is 14.9 Å². The summed E-state index contributed by atoms with van der Waals surface area (Å²) in [5.74, 6) is 0. The molecule has 0 aromatic heterocycles. The van der Waals surface area contributed by atoms with Gasteiger partial charge in [-0.2, -0.15) is 0 Å². The maximum absolute atomic E-state index is 2.52. The first-order valence-corrected chi connectivity index (χ1v) is 5.94. The van der Waals surface area contributed by atoms with Crippen molar-refractivity contribution in [3.63, 3.8) is 0 Å². The SMILES string of the molecule is CN1CCN(Cc2ccccc2)CCN1C. The van der Waals surface area contributed by atoms with Crippen LogP contribution in [0.2, 0.25) is 0 Å². The smallest absolute Gasteiger partial charge is 0.0258 e. The molecule has 0 bridgehead atoms. The Labute approximate surface area is 98.2 Å². The fourth-order valence-electron chi connectivity index (χ4n) is 2.03. The van der Waals surface area contributed by atoms with Crippen LogP contribution in [-0.4, -0.2) is 55.2 Å². The Morgan fingerprint density at radius 3 is 2.00 bits per heavy atom. The van der Waals surface area contributed by atoms with Crippen LogP contribution in [0.1, 0.15) is 5.56 Å². The average molecular weight is 219 g/mol. The lowest BCUT2D eigenvalue weighted by molar-refractivity contribution is 0.0439. The van der Waals surface area contributed by atoms with Gasteiger partial charge in [0.1, 0.15) is 0 Å². The molecule has 0 saturated carbocycles. The van der Waals surface area contributed by atoms with Crippen LogP contribution in [0.3, 0.4) is 0 Å². The van der Waals surface area contributed by atoms with E-state index in [-0.39, 0.29) is 0 Å². The van der Waals surface area contributed by atoms with E-state index in [4.69, 9.17) is 0 Å². The largest absolute Gasteiger partial charge is 0.296 e. The summed E-state index contributed by atoms with van der Waals surface area (Å²) in [6.07, 6.45) is 0. The minimum absolute atomic E-state index is 1.07. The number of hydrazine groups is 1. The predicted molar refractivity (Wildman–Crippen MR) is 67.0 cm³/mol. The summed E-state index contributed by atoms with van der Waals surface area (Å²) in [6.45, 7) is 5.60. The zero-order chi connectivity index (χ0) is 11.4. The first kappa shape index (κ1) is 11.6. The Kier molecular flexibility index (Phi) is 3.93. The standard InChI is InChI=1S/C13H21N3/c1-14-8-10-16(11-9-15(14)2)12-13-6-4-3-5-7-13/h3-7H,8-12H2,1-2H3. The molecule has 1 aliphatic rings. The molecule has 0 aliphatic carbocycles. The number of rotatable bonds is 2. The molecular weight excluding hydrogens is 198 g/mol. The summed E-state index contributed by atoms with van der Waals surface area (Å²) in [7, 11) is 4.32. The van der Waals surface area contributed by atoms with Crippen LogP contribution in [-0.2, 0) is 6.54 Å². The lowest BCUT2D eigenvalue weighted by Gasteiger charge is -2.24. The molecule has 1 heterocycles. The predicted octanol–water partition coefficient (Wildman–Crippen LogP) is 1.28. The number of hydrogen-bond acceptors (Lipinski definition) is 3. The van der Waals surface area contributed by atoms with Gasteiger partial charge in [-0.25, -0.2) is 10.0 Å². The van der Waals surface area contributed by atoms with E-state index in [0.29, 0.717) is 0 Å². The molecule has 0 amide bonds. The molecule has 88 valence electrons. The minimum Gasteiger partial charge on any atom is -0.296 e. The highest BCUT2D eigenvalue weighted by Crippen LogP contribution is 2.07. The lowest BCUT2D eigenvalue weighted by Crippen LogP contribution is -2.37. The highest BCUT2D eigenvalue weighted by Gasteiger charge is 2.15. The van der Waals surface area contributed by atoms with E-state index in [1.807, 2.05) is 0 Å². The van der Waals surface area contributed by atoms with Gasteiger partial charge in [0, 0.05) is 46.8 Å². The van der Waals surface area contributed by atoms with Crippen LogP contribution < -0.4 is 0 Å². The lowest BCUT2D eigenvalue weighted by atomic mass is 10.2. The molecular formula is C13H21N3. The van der Waals surface area contributed by atoms with E-state index < -0.39 is 0 Å². The first-order chi connectivity index (χ1) is 7.75. The van der Waals surface area contributed by atoms with Crippen molar-refractivity contribution < 1.29 is 0 Å². The molecule has 1 saturated heterocycles. The van der Waals surface area contributed by atoms with E-state index in [9.17, 15) is 0 Å². The number of nitrogens with zero attached hydrogens (tertiary/aromatic N) is 3. The van der Waals surface area contributed by atoms with Crippen molar-refractivity contribution in [1.29, 1.82) is 0 Å². The second kappa shape index (κ2) is 5.43. The highest BCUT2D eigenvalue weighted by molar-refractivity contribution is 5.14. The monoisotopic (exact) mass is 219 g/mol. The molecule has 0 radical (unpaired) electrons. The number of benzene rings is 1. The maximum atomic E-state index is 2.52. The fraction of sp³-hybridized carbons (Fsp3) is 0.538. The number of likely N-dealkylation sites (N-methyl/N-ethyl adjacent to an activating group) is 2. The Balaban J connectivity index is 1.91. The van der Waals surface area contributed by atoms with Gasteiger partial charge in [-0.1, -0.05) is 30.3 Å². The van der Waals surface area contributed by atoms with E-state index >= 15 is 0 Å². The summed E-state index contributed by atoms with van der Waals surface area (Å²) in [6, 6.07) is 10.7. The molecule has 1 aliphatic heterocycles. The number of hydrogen-bond donors (Lipinski definition) is 0. The van der Waals surface area contributed by atoms with Gasteiger partial charge in [-0.15, -0.1) is 0 Å². The van der Waals surface area contributed by atoms with Crippen molar-refractivity contribution in [2.75, 3.05) is 40.3 Å². The van der Waals surface area contributed by atoms with Gasteiger partial charge in [0.2, 0.25) is 0 Å². The zero-order valence-electron chi connectivity index (χ0n) is 10.3. The zero-order valence-corrected chi connectivity index (χ0v) is 10.3. The van der Waals surface area contributed by atoms with E-state index in [2.05, 4.69) is 59.3 Å². The van der Waals surface area contributed by atoms with Crippen LogP contribution >= 0.6 is 0 Å². The van der Waals surface area contributed by atoms with Gasteiger partial charge in [0.15, 0.2) is 0 Å². The van der Waals surface area contributed by atoms with Gasteiger partial charge in [0.25, 0.3) is 0 Å².